The van der Waals surface area contributed by atoms with Crippen LogP contribution in [0.15, 0.2) is 34.9 Å². The third-order valence-corrected chi connectivity index (χ3v) is 3.21. The van der Waals surface area contributed by atoms with E-state index >= 15 is 0 Å². The van der Waals surface area contributed by atoms with Crippen molar-refractivity contribution in [2.24, 2.45) is 5.84 Å². The third-order valence-electron chi connectivity index (χ3n) is 1.98. The van der Waals surface area contributed by atoms with E-state index in [2.05, 4.69) is 31.3 Å². The standard InChI is InChI=1S/C10H8BrClN4/c11-7-2-1-6(5-8(7)12)10-14-4-3-9(15-10)16-13/h1-5H,13H2,(H,14,15,16). The highest BCUT2D eigenvalue weighted by Crippen LogP contribution is 2.27. The first-order valence-electron chi connectivity index (χ1n) is 4.46. The molecule has 6 heteroatoms. The average Bonchev–Trinajstić information content (AvgIpc) is 2.33. The maximum atomic E-state index is 5.99. The molecule has 0 spiro atoms. The summed E-state index contributed by atoms with van der Waals surface area (Å²) in [5.41, 5.74) is 3.31. The Morgan fingerprint density at radius 2 is 2.12 bits per heavy atom. The van der Waals surface area contributed by atoms with Crippen LogP contribution in [0.5, 0.6) is 0 Å². The molecular formula is C10H8BrClN4. The molecule has 0 amide bonds. The molecule has 16 heavy (non-hydrogen) atoms. The lowest BCUT2D eigenvalue weighted by Crippen LogP contribution is -2.09. The summed E-state index contributed by atoms with van der Waals surface area (Å²) < 4.78 is 0.839. The van der Waals surface area contributed by atoms with E-state index in [0.717, 1.165) is 10.0 Å². The van der Waals surface area contributed by atoms with Gasteiger partial charge in [0.25, 0.3) is 0 Å². The molecule has 0 aliphatic heterocycles. The van der Waals surface area contributed by atoms with E-state index in [4.69, 9.17) is 17.4 Å². The zero-order valence-corrected chi connectivity index (χ0v) is 10.5. The first-order chi connectivity index (χ1) is 7.70. The Morgan fingerprint density at radius 1 is 1.31 bits per heavy atom. The van der Waals surface area contributed by atoms with Crippen LogP contribution in [-0.2, 0) is 0 Å². The van der Waals surface area contributed by atoms with E-state index < -0.39 is 0 Å². The zero-order valence-electron chi connectivity index (χ0n) is 8.11. The van der Waals surface area contributed by atoms with Gasteiger partial charge in [-0.2, -0.15) is 0 Å². The Kier molecular flexibility index (Phi) is 3.38. The van der Waals surface area contributed by atoms with Gasteiger partial charge in [-0.1, -0.05) is 11.6 Å². The van der Waals surface area contributed by atoms with E-state index in [1.807, 2.05) is 12.1 Å². The number of anilines is 1. The predicted molar refractivity (Wildman–Crippen MR) is 68.0 cm³/mol. The van der Waals surface area contributed by atoms with Gasteiger partial charge in [0.1, 0.15) is 5.82 Å². The Labute approximate surface area is 106 Å². The van der Waals surface area contributed by atoms with Gasteiger partial charge < -0.3 is 5.43 Å². The number of halogens is 2. The van der Waals surface area contributed by atoms with Crippen molar-refractivity contribution in [1.82, 2.24) is 9.97 Å². The monoisotopic (exact) mass is 298 g/mol. The van der Waals surface area contributed by atoms with Crippen LogP contribution in [0.1, 0.15) is 0 Å². The maximum absolute atomic E-state index is 5.99. The highest BCUT2D eigenvalue weighted by Gasteiger charge is 2.04. The molecular weight excluding hydrogens is 291 g/mol. The van der Waals surface area contributed by atoms with Crippen LogP contribution in [-0.4, -0.2) is 9.97 Å². The van der Waals surface area contributed by atoms with E-state index in [1.54, 1.807) is 18.3 Å². The van der Waals surface area contributed by atoms with E-state index in [0.29, 0.717) is 16.7 Å². The second-order valence-electron chi connectivity index (χ2n) is 3.04. The Balaban J connectivity index is 2.46. The summed E-state index contributed by atoms with van der Waals surface area (Å²) in [5.74, 6) is 6.41. The number of hydrazine groups is 1. The summed E-state index contributed by atoms with van der Waals surface area (Å²) in [7, 11) is 0. The molecule has 1 aromatic carbocycles. The van der Waals surface area contributed by atoms with Crippen molar-refractivity contribution in [2.75, 3.05) is 5.43 Å². The Hall–Kier alpha value is -1.17. The molecule has 0 saturated heterocycles. The summed E-state index contributed by atoms with van der Waals surface area (Å²) in [6, 6.07) is 7.21. The van der Waals surface area contributed by atoms with Crippen molar-refractivity contribution in [3.05, 3.63) is 40.0 Å². The number of nitrogens with one attached hydrogen (secondary N) is 1. The highest BCUT2D eigenvalue weighted by molar-refractivity contribution is 9.10. The Bertz CT molecular complexity index is 518. The molecule has 0 atom stereocenters. The molecule has 82 valence electrons. The van der Waals surface area contributed by atoms with Crippen LogP contribution >= 0.6 is 27.5 Å². The van der Waals surface area contributed by atoms with Gasteiger partial charge in [-0.05, 0) is 34.1 Å². The summed E-state index contributed by atoms with van der Waals surface area (Å²) in [4.78, 5) is 8.36. The average molecular weight is 300 g/mol. The van der Waals surface area contributed by atoms with E-state index in [1.165, 1.54) is 0 Å². The lowest BCUT2D eigenvalue weighted by molar-refractivity contribution is 1.14. The van der Waals surface area contributed by atoms with Crippen molar-refractivity contribution >= 4 is 33.3 Å². The maximum Gasteiger partial charge on any atom is 0.161 e. The molecule has 0 saturated carbocycles. The quantitative estimate of drug-likeness (QED) is 0.661. The molecule has 0 fully saturated rings. The number of nitrogens with two attached hydrogens (primary N) is 1. The number of nitrogen functional groups attached to an aromatic ring is 1. The first kappa shape index (κ1) is 11.3. The molecule has 0 radical (unpaired) electrons. The third kappa shape index (κ3) is 2.32. The molecule has 0 aliphatic rings. The van der Waals surface area contributed by atoms with Gasteiger partial charge >= 0.3 is 0 Å². The van der Waals surface area contributed by atoms with Crippen LogP contribution < -0.4 is 11.3 Å². The van der Waals surface area contributed by atoms with E-state index in [-0.39, 0.29) is 0 Å². The number of nitrogens with zero attached hydrogens (tertiary/aromatic N) is 2. The molecule has 0 bridgehead atoms. The van der Waals surface area contributed by atoms with Gasteiger partial charge in [-0.3, -0.25) is 0 Å². The highest BCUT2D eigenvalue weighted by atomic mass is 79.9. The number of rotatable bonds is 2. The van der Waals surface area contributed by atoms with Gasteiger partial charge in [0.05, 0.1) is 5.02 Å². The topological polar surface area (TPSA) is 63.8 Å². The second kappa shape index (κ2) is 4.78. The van der Waals surface area contributed by atoms with Gasteiger partial charge in [0, 0.05) is 22.3 Å². The van der Waals surface area contributed by atoms with Crippen LogP contribution in [0.25, 0.3) is 11.4 Å². The first-order valence-corrected chi connectivity index (χ1v) is 5.63. The van der Waals surface area contributed by atoms with E-state index in [9.17, 15) is 0 Å². The van der Waals surface area contributed by atoms with Crippen LogP contribution in [0.4, 0.5) is 5.82 Å². The zero-order chi connectivity index (χ0) is 11.5. The van der Waals surface area contributed by atoms with Crippen LogP contribution in [0, 0.1) is 0 Å². The lowest BCUT2D eigenvalue weighted by Gasteiger charge is -2.04. The SMILES string of the molecule is NNc1ccnc(-c2ccc(Br)c(Cl)c2)n1. The smallest absolute Gasteiger partial charge is 0.161 e. The molecule has 0 aliphatic carbocycles. The van der Waals surface area contributed by atoms with Gasteiger partial charge in [-0.25, -0.2) is 15.8 Å². The summed E-state index contributed by atoms with van der Waals surface area (Å²) in [6.45, 7) is 0. The minimum atomic E-state index is 0.559. The van der Waals surface area contributed by atoms with Crippen molar-refractivity contribution < 1.29 is 0 Å². The molecule has 2 aromatic rings. The number of aromatic nitrogens is 2. The number of hydrogen-bond acceptors (Lipinski definition) is 4. The van der Waals surface area contributed by atoms with Gasteiger partial charge in [-0.15, -0.1) is 0 Å². The van der Waals surface area contributed by atoms with Crippen molar-refractivity contribution in [1.29, 1.82) is 0 Å². The molecule has 4 nitrogen and oxygen atoms in total. The van der Waals surface area contributed by atoms with Crippen molar-refractivity contribution in [3.63, 3.8) is 0 Å². The normalized spacial score (nSPS) is 10.2. The fraction of sp³-hybridized carbons (Fsp3) is 0. The lowest BCUT2D eigenvalue weighted by atomic mass is 10.2. The second-order valence-corrected chi connectivity index (χ2v) is 4.30. The molecule has 2 rings (SSSR count). The van der Waals surface area contributed by atoms with Crippen LogP contribution in [0.3, 0.4) is 0 Å². The predicted octanol–water partition coefficient (Wildman–Crippen LogP) is 2.85. The fourth-order valence-electron chi connectivity index (χ4n) is 1.21. The van der Waals surface area contributed by atoms with Crippen LogP contribution in [0.2, 0.25) is 5.02 Å². The largest absolute Gasteiger partial charge is 0.308 e. The minimum Gasteiger partial charge on any atom is -0.308 e. The van der Waals surface area contributed by atoms with Crippen molar-refractivity contribution in [3.8, 4) is 11.4 Å². The molecule has 0 unspecified atom stereocenters. The molecule has 1 aromatic heterocycles. The summed E-state index contributed by atoms with van der Waals surface area (Å²) in [5, 5.41) is 0.618. The van der Waals surface area contributed by atoms with Gasteiger partial charge in [0.2, 0.25) is 0 Å². The summed E-state index contributed by atoms with van der Waals surface area (Å²) >= 11 is 9.32. The Morgan fingerprint density at radius 3 is 2.81 bits per heavy atom. The fourth-order valence-corrected chi connectivity index (χ4v) is 1.64. The number of hydrogen-bond donors (Lipinski definition) is 2. The number of benzene rings is 1. The minimum absolute atomic E-state index is 0.559. The molecule has 1 heterocycles. The molecule has 3 N–H and O–H groups in total. The summed E-state index contributed by atoms with van der Waals surface area (Å²) in [6.07, 6.45) is 1.63. The van der Waals surface area contributed by atoms with Crippen molar-refractivity contribution in [2.45, 2.75) is 0 Å². The van der Waals surface area contributed by atoms with Gasteiger partial charge in [0.15, 0.2) is 5.82 Å².